The van der Waals surface area contributed by atoms with Crippen LogP contribution >= 0.6 is 22.9 Å². The topological polar surface area (TPSA) is 92.5 Å². The van der Waals surface area contributed by atoms with Crippen LogP contribution in [0, 0.1) is 5.92 Å². The van der Waals surface area contributed by atoms with Gasteiger partial charge in [0.2, 0.25) is 5.91 Å². The fourth-order valence-electron chi connectivity index (χ4n) is 2.20. The van der Waals surface area contributed by atoms with Gasteiger partial charge in [-0.25, -0.2) is 13.1 Å². The number of nitrogens with zero attached hydrogens (tertiary/aromatic N) is 1. The summed E-state index contributed by atoms with van der Waals surface area (Å²) < 4.78 is 26.8. The molecule has 0 saturated carbocycles. The van der Waals surface area contributed by atoms with Crippen LogP contribution < -0.4 is 10.5 Å². The summed E-state index contributed by atoms with van der Waals surface area (Å²) in [6.07, 6.45) is 1.74. The Balaban J connectivity index is 1.87. The number of amides is 1. The minimum Gasteiger partial charge on any atom is -0.342 e. The number of hydrogen-bond acceptors (Lipinski definition) is 5. The van der Waals surface area contributed by atoms with Gasteiger partial charge in [-0.15, -0.1) is 11.3 Å². The van der Waals surface area contributed by atoms with E-state index in [1.165, 1.54) is 12.1 Å². The first-order valence-corrected chi connectivity index (χ1v) is 9.33. The Morgan fingerprint density at radius 3 is 2.62 bits per heavy atom. The summed E-state index contributed by atoms with van der Waals surface area (Å²) >= 11 is 6.68. The summed E-state index contributed by atoms with van der Waals surface area (Å²) in [6.45, 7) is 1.67. The molecule has 6 nitrogen and oxygen atoms in total. The number of halogens is 1. The van der Waals surface area contributed by atoms with E-state index in [0.29, 0.717) is 29.9 Å². The fourth-order valence-corrected chi connectivity index (χ4v) is 4.70. The van der Waals surface area contributed by atoms with Gasteiger partial charge in [-0.3, -0.25) is 4.79 Å². The van der Waals surface area contributed by atoms with Crippen LogP contribution in [0.5, 0.6) is 0 Å². The molecule has 1 aromatic heterocycles. The van der Waals surface area contributed by atoms with Crippen molar-refractivity contribution >= 4 is 38.9 Å². The molecule has 1 saturated heterocycles. The Labute approximate surface area is 133 Å². The maximum atomic E-state index is 12.0. The summed E-state index contributed by atoms with van der Waals surface area (Å²) in [4.78, 5) is 13.7. The Bertz CT molecular complexity index is 595. The molecule has 0 atom stereocenters. The summed E-state index contributed by atoms with van der Waals surface area (Å²) in [6, 6.07) is 2.94. The molecule has 1 aromatic rings. The van der Waals surface area contributed by atoms with Gasteiger partial charge in [0.25, 0.3) is 10.0 Å². The molecule has 1 aliphatic heterocycles. The number of thiophene rings is 1. The zero-order valence-electron chi connectivity index (χ0n) is 11.4. The smallest absolute Gasteiger partial charge is 0.250 e. The van der Waals surface area contributed by atoms with Crippen molar-refractivity contribution in [3.05, 3.63) is 16.5 Å². The maximum Gasteiger partial charge on any atom is 0.250 e. The largest absolute Gasteiger partial charge is 0.342 e. The predicted octanol–water partition coefficient (Wildman–Crippen LogP) is 0.877. The lowest BCUT2D eigenvalue weighted by Gasteiger charge is -2.31. The van der Waals surface area contributed by atoms with Gasteiger partial charge in [-0.2, -0.15) is 0 Å². The monoisotopic (exact) mass is 351 g/mol. The number of sulfonamides is 1. The van der Waals surface area contributed by atoms with Crippen LogP contribution in [0.1, 0.15) is 12.8 Å². The van der Waals surface area contributed by atoms with E-state index < -0.39 is 10.0 Å². The van der Waals surface area contributed by atoms with Gasteiger partial charge in [0, 0.05) is 13.1 Å². The van der Waals surface area contributed by atoms with E-state index in [1.54, 1.807) is 4.90 Å². The number of nitrogens with two attached hydrogens (primary N) is 1. The van der Waals surface area contributed by atoms with Gasteiger partial charge in [0.15, 0.2) is 0 Å². The van der Waals surface area contributed by atoms with Gasteiger partial charge in [0.1, 0.15) is 4.21 Å². The number of nitrogens with one attached hydrogen (secondary N) is 1. The highest BCUT2D eigenvalue weighted by atomic mass is 35.5. The van der Waals surface area contributed by atoms with Crippen LogP contribution in [0.15, 0.2) is 16.3 Å². The highest BCUT2D eigenvalue weighted by molar-refractivity contribution is 7.91. The molecule has 2 rings (SSSR count). The Morgan fingerprint density at radius 1 is 1.43 bits per heavy atom. The third-order valence-corrected chi connectivity index (χ3v) is 6.65. The lowest BCUT2D eigenvalue weighted by atomic mass is 9.97. The molecule has 0 unspecified atom stereocenters. The average Bonchev–Trinajstić information content (AvgIpc) is 2.92. The Hall–Kier alpha value is -0.670. The number of likely N-dealkylation sites (tertiary alicyclic amines) is 1. The minimum atomic E-state index is -3.67. The summed E-state index contributed by atoms with van der Waals surface area (Å²) in [5, 5.41) is 0. The van der Waals surface area contributed by atoms with Crippen LogP contribution in [0.2, 0.25) is 4.34 Å². The molecule has 9 heteroatoms. The maximum absolute atomic E-state index is 12.0. The van der Waals surface area contributed by atoms with Crippen LogP contribution in [0.4, 0.5) is 0 Å². The van der Waals surface area contributed by atoms with E-state index in [1.807, 2.05) is 0 Å². The van der Waals surface area contributed by atoms with Gasteiger partial charge in [-0.05, 0) is 37.4 Å². The second-order valence-corrected chi connectivity index (χ2v) is 8.65. The zero-order valence-corrected chi connectivity index (χ0v) is 13.8. The van der Waals surface area contributed by atoms with Crippen molar-refractivity contribution in [1.82, 2.24) is 9.62 Å². The zero-order chi connectivity index (χ0) is 15.5. The van der Waals surface area contributed by atoms with Crippen molar-refractivity contribution < 1.29 is 13.2 Å². The molecule has 1 aliphatic rings. The number of carbonyl (C=O) groups excluding carboxylic acids is 1. The standard InChI is InChI=1S/C12H18ClN3O3S2/c13-10-1-2-12(20-10)21(18,19)15-8-11(17)16-5-3-9(7-14)4-6-16/h1-2,9,15H,3-8,14H2. The molecule has 1 amide bonds. The first-order valence-electron chi connectivity index (χ1n) is 6.65. The molecular weight excluding hydrogens is 334 g/mol. The van der Waals surface area contributed by atoms with Crippen LogP contribution in [-0.2, 0) is 14.8 Å². The summed E-state index contributed by atoms with van der Waals surface area (Å²) in [7, 11) is -3.67. The fraction of sp³-hybridized carbons (Fsp3) is 0.583. The van der Waals surface area contributed by atoms with Gasteiger partial charge < -0.3 is 10.6 Å². The Morgan fingerprint density at radius 2 is 2.10 bits per heavy atom. The van der Waals surface area contributed by atoms with E-state index in [9.17, 15) is 13.2 Å². The predicted molar refractivity (Wildman–Crippen MR) is 82.9 cm³/mol. The normalized spacial score (nSPS) is 17.1. The highest BCUT2D eigenvalue weighted by Gasteiger charge is 2.24. The van der Waals surface area contributed by atoms with Crippen molar-refractivity contribution in [3.63, 3.8) is 0 Å². The third-order valence-electron chi connectivity index (χ3n) is 3.53. The van der Waals surface area contributed by atoms with Gasteiger partial charge >= 0.3 is 0 Å². The second kappa shape index (κ2) is 7.06. The van der Waals surface area contributed by atoms with E-state index in [-0.39, 0.29) is 16.7 Å². The summed E-state index contributed by atoms with van der Waals surface area (Å²) in [5.74, 6) is 0.246. The van der Waals surface area contributed by atoms with Crippen LogP contribution in [0.3, 0.4) is 0 Å². The quantitative estimate of drug-likeness (QED) is 0.823. The van der Waals surface area contributed by atoms with Crippen molar-refractivity contribution in [1.29, 1.82) is 0 Å². The average molecular weight is 352 g/mol. The van der Waals surface area contributed by atoms with E-state index >= 15 is 0 Å². The molecule has 0 radical (unpaired) electrons. The Kier molecular flexibility index (Phi) is 5.61. The molecule has 0 bridgehead atoms. The van der Waals surface area contributed by atoms with E-state index in [0.717, 1.165) is 24.2 Å². The number of hydrogen-bond donors (Lipinski definition) is 2. The van der Waals surface area contributed by atoms with Crippen molar-refractivity contribution in [3.8, 4) is 0 Å². The van der Waals surface area contributed by atoms with Crippen molar-refractivity contribution in [2.45, 2.75) is 17.1 Å². The summed E-state index contributed by atoms with van der Waals surface area (Å²) in [5.41, 5.74) is 5.60. The minimum absolute atomic E-state index is 0.113. The van der Waals surface area contributed by atoms with Gasteiger partial charge in [-0.1, -0.05) is 11.6 Å². The number of rotatable bonds is 5. The molecule has 0 aliphatic carbocycles. The molecule has 21 heavy (non-hydrogen) atoms. The van der Waals surface area contributed by atoms with Crippen molar-refractivity contribution in [2.24, 2.45) is 11.7 Å². The number of carbonyl (C=O) groups is 1. The SMILES string of the molecule is NCC1CCN(C(=O)CNS(=O)(=O)c2ccc(Cl)s2)CC1. The molecular formula is C12H18ClN3O3S2. The molecule has 0 aromatic carbocycles. The molecule has 1 fully saturated rings. The third kappa shape index (κ3) is 4.40. The number of piperidine rings is 1. The highest BCUT2D eigenvalue weighted by Crippen LogP contribution is 2.25. The molecule has 2 heterocycles. The first-order chi connectivity index (χ1) is 9.92. The molecule has 118 valence electrons. The molecule has 3 N–H and O–H groups in total. The van der Waals surface area contributed by atoms with Gasteiger partial charge in [0.05, 0.1) is 10.9 Å². The van der Waals surface area contributed by atoms with Crippen LogP contribution in [-0.4, -0.2) is 45.4 Å². The van der Waals surface area contributed by atoms with Crippen molar-refractivity contribution in [2.75, 3.05) is 26.2 Å². The van der Waals surface area contributed by atoms with E-state index in [4.69, 9.17) is 17.3 Å². The lowest BCUT2D eigenvalue weighted by molar-refractivity contribution is -0.131. The second-order valence-electron chi connectivity index (χ2n) is 4.94. The van der Waals surface area contributed by atoms with Crippen LogP contribution in [0.25, 0.3) is 0 Å². The molecule has 0 spiro atoms. The van der Waals surface area contributed by atoms with E-state index in [2.05, 4.69) is 4.72 Å². The lowest BCUT2D eigenvalue weighted by Crippen LogP contribution is -2.44. The first kappa shape index (κ1) is 16.7.